The van der Waals surface area contributed by atoms with Gasteiger partial charge in [0.25, 0.3) is 0 Å². The topological polar surface area (TPSA) is 0 Å². The van der Waals surface area contributed by atoms with Gasteiger partial charge in [-0.25, -0.2) is 0 Å². The van der Waals surface area contributed by atoms with Crippen LogP contribution in [0.1, 0.15) is 113 Å². The Kier molecular flexibility index (Phi) is 13.0. The van der Waals surface area contributed by atoms with E-state index in [2.05, 4.69) is 86.1 Å². The minimum Gasteiger partial charge on any atom is -0.0979 e. The average molecular weight is 413 g/mol. The third-order valence-electron chi connectivity index (χ3n) is 5.65. The zero-order valence-corrected chi connectivity index (χ0v) is 19.8. The van der Waals surface area contributed by atoms with Crippen molar-refractivity contribution in [1.29, 1.82) is 0 Å². The lowest BCUT2D eigenvalue weighted by atomic mass is 10.0. The van der Waals surface area contributed by atoms with Crippen LogP contribution in [0.2, 0.25) is 0 Å². The standard InChI is InChI=1S/C31H40/c1-3-5-7-9-10-11-13-15-17-29-20-24-31(25-21-29)27-26-30-22-18-28(19-23-30)16-14-12-8-6-4-2/h18-25H,3-14,16H2,1-2H3. The molecule has 2 aromatic rings. The maximum Gasteiger partial charge on any atom is 0.0249 e. The molecule has 0 saturated carbocycles. The van der Waals surface area contributed by atoms with E-state index >= 15 is 0 Å². The Hall–Kier alpha value is -2.44. The molecule has 31 heavy (non-hydrogen) atoms. The second kappa shape index (κ2) is 16.3. The molecular formula is C31H40. The van der Waals surface area contributed by atoms with Crippen molar-refractivity contribution in [1.82, 2.24) is 0 Å². The lowest BCUT2D eigenvalue weighted by molar-refractivity contribution is 0.614. The molecule has 0 N–H and O–H groups in total. The van der Waals surface area contributed by atoms with Gasteiger partial charge < -0.3 is 0 Å². The van der Waals surface area contributed by atoms with E-state index < -0.39 is 0 Å². The molecule has 164 valence electrons. The van der Waals surface area contributed by atoms with Gasteiger partial charge in [0.05, 0.1) is 0 Å². The van der Waals surface area contributed by atoms with Crippen molar-refractivity contribution in [2.75, 3.05) is 0 Å². The van der Waals surface area contributed by atoms with Crippen LogP contribution in [0.25, 0.3) is 0 Å². The van der Waals surface area contributed by atoms with Gasteiger partial charge in [-0.3, -0.25) is 0 Å². The summed E-state index contributed by atoms with van der Waals surface area (Å²) < 4.78 is 0. The van der Waals surface area contributed by atoms with Crippen LogP contribution in [0, 0.1) is 23.7 Å². The zero-order valence-electron chi connectivity index (χ0n) is 19.8. The van der Waals surface area contributed by atoms with Gasteiger partial charge >= 0.3 is 0 Å². The van der Waals surface area contributed by atoms with Crippen LogP contribution in [0.3, 0.4) is 0 Å². The zero-order chi connectivity index (χ0) is 22.0. The summed E-state index contributed by atoms with van der Waals surface area (Å²) in [5.41, 5.74) is 4.63. The fraction of sp³-hybridized carbons (Fsp3) is 0.484. The highest BCUT2D eigenvalue weighted by molar-refractivity contribution is 5.46. The molecule has 0 aromatic heterocycles. The van der Waals surface area contributed by atoms with Crippen LogP contribution in [0.15, 0.2) is 48.5 Å². The molecule has 0 bridgehead atoms. The van der Waals surface area contributed by atoms with Gasteiger partial charge in [0, 0.05) is 23.1 Å². The fourth-order valence-corrected chi connectivity index (χ4v) is 3.63. The molecule has 0 fully saturated rings. The van der Waals surface area contributed by atoms with Crippen molar-refractivity contribution in [3.8, 4) is 23.7 Å². The molecule has 0 aliphatic rings. The molecule has 0 heteroatoms. The van der Waals surface area contributed by atoms with Crippen LogP contribution >= 0.6 is 0 Å². The van der Waals surface area contributed by atoms with Crippen molar-refractivity contribution >= 4 is 0 Å². The Labute approximate surface area is 191 Å². The number of unbranched alkanes of at least 4 members (excludes halogenated alkanes) is 10. The highest BCUT2D eigenvalue weighted by Gasteiger charge is 1.95. The third kappa shape index (κ3) is 11.5. The Morgan fingerprint density at radius 2 is 0.935 bits per heavy atom. The first kappa shape index (κ1) is 24.8. The van der Waals surface area contributed by atoms with E-state index in [9.17, 15) is 0 Å². The van der Waals surface area contributed by atoms with Crippen molar-refractivity contribution in [3.63, 3.8) is 0 Å². The largest absolute Gasteiger partial charge is 0.0979 e. The summed E-state index contributed by atoms with van der Waals surface area (Å²) in [6, 6.07) is 17.1. The van der Waals surface area contributed by atoms with E-state index in [1.165, 1.54) is 82.6 Å². The fourth-order valence-electron chi connectivity index (χ4n) is 3.63. The second-order valence-electron chi connectivity index (χ2n) is 8.51. The average Bonchev–Trinajstić information content (AvgIpc) is 2.81. The molecule has 2 aromatic carbocycles. The summed E-state index contributed by atoms with van der Waals surface area (Å²) in [5, 5.41) is 0. The second-order valence-corrected chi connectivity index (χ2v) is 8.51. The lowest BCUT2D eigenvalue weighted by Gasteiger charge is -2.01. The highest BCUT2D eigenvalue weighted by Crippen LogP contribution is 2.11. The number of rotatable bonds is 12. The minimum atomic E-state index is 1.00. The lowest BCUT2D eigenvalue weighted by Crippen LogP contribution is -1.86. The van der Waals surface area contributed by atoms with Gasteiger partial charge in [0.1, 0.15) is 0 Å². The SMILES string of the molecule is CCCCCCCCC#Cc1ccc(C#Cc2ccc(CCCCCCC)cc2)cc1. The van der Waals surface area contributed by atoms with Crippen LogP contribution in [0.4, 0.5) is 0 Å². The summed E-state index contributed by atoms with van der Waals surface area (Å²) in [6.45, 7) is 4.52. The third-order valence-corrected chi connectivity index (χ3v) is 5.65. The van der Waals surface area contributed by atoms with Crippen molar-refractivity contribution < 1.29 is 0 Å². The minimum absolute atomic E-state index is 1.00. The van der Waals surface area contributed by atoms with Crippen molar-refractivity contribution in [2.45, 2.75) is 97.3 Å². The summed E-state index contributed by atoms with van der Waals surface area (Å²) >= 11 is 0. The molecule has 0 heterocycles. The Morgan fingerprint density at radius 1 is 0.484 bits per heavy atom. The van der Waals surface area contributed by atoms with Gasteiger partial charge in [-0.15, -0.1) is 0 Å². The molecule has 0 amide bonds. The van der Waals surface area contributed by atoms with Crippen LogP contribution in [-0.2, 0) is 6.42 Å². The van der Waals surface area contributed by atoms with Gasteiger partial charge in [0.15, 0.2) is 0 Å². The van der Waals surface area contributed by atoms with E-state index in [1.807, 2.05) is 0 Å². The first-order chi connectivity index (χ1) is 15.3. The van der Waals surface area contributed by atoms with Gasteiger partial charge in [-0.05, 0) is 61.2 Å². The number of aryl methyl sites for hydroxylation is 1. The van der Waals surface area contributed by atoms with Crippen molar-refractivity contribution in [3.05, 3.63) is 70.8 Å². The first-order valence-electron chi connectivity index (χ1n) is 12.5. The van der Waals surface area contributed by atoms with Crippen molar-refractivity contribution in [2.24, 2.45) is 0 Å². The monoisotopic (exact) mass is 412 g/mol. The molecule has 0 aliphatic carbocycles. The van der Waals surface area contributed by atoms with E-state index in [1.54, 1.807) is 0 Å². The molecule has 0 saturated heterocycles. The summed E-state index contributed by atoms with van der Waals surface area (Å²) in [4.78, 5) is 0. The van der Waals surface area contributed by atoms with E-state index in [-0.39, 0.29) is 0 Å². The molecule has 0 aliphatic heterocycles. The van der Waals surface area contributed by atoms with E-state index in [0.29, 0.717) is 0 Å². The Morgan fingerprint density at radius 3 is 1.52 bits per heavy atom. The van der Waals surface area contributed by atoms with Gasteiger partial charge in [0.2, 0.25) is 0 Å². The van der Waals surface area contributed by atoms with E-state index in [0.717, 1.165) is 23.1 Å². The molecule has 0 spiro atoms. The Balaban J connectivity index is 1.74. The summed E-state index contributed by atoms with van der Waals surface area (Å²) in [6.07, 6.45) is 16.8. The predicted molar refractivity (Wildman–Crippen MR) is 136 cm³/mol. The number of hydrogen-bond donors (Lipinski definition) is 0. The van der Waals surface area contributed by atoms with E-state index in [4.69, 9.17) is 0 Å². The normalized spacial score (nSPS) is 10.1. The van der Waals surface area contributed by atoms with Gasteiger partial charge in [-0.1, -0.05) is 107 Å². The maximum absolute atomic E-state index is 3.31. The molecule has 0 radical (unpaired) electrons. The molecule has 0 unspecified atom stereocenters. The number of benzene rings is 2. The smallest absolute Gasteiger partial charge is 0.0249 e. The molecule has 0 nitrogen and oxygen atoms in total. The molecule has 2 rings (SSSR count). The quantitative estimate of drug-likeness (QED) is 0.241. The molecular weight excluding hydrogens is 372 g/mol. The summed E-state index contributed by atoms with van der Waals surface area (Å²) in [5.74, 6) is 13.2. The number of hydrogen-bond acceptors (Lipinski definition) is 0. The Bertz CT molecular complexity index is 831. The van der Waals surface area contributed by atoms with Crippen LogP contribution in [-0.4, -0.2) is 0 Å². The molecule has 0 atom stereocenters. The maximum atomic E-state index is 3.31. The van der Waals surface area contributed by atoms with Crippen LogP contribution in [0.5, 0.6) is 0 Å². The predicted octanol–water partition coefficient (Wildman–Crippen LogP) is 8.70. The summed E-state index contributed by atoms with van der Waals surface area (Å²) in [7, 11) is 0. The van der Waals surface area contributed by atoms with Gasteiger partial charge in [-0.2, -0.15) is 0 Å². The van der Waals surface area contributed by atoms with Crippen LogP contribution < -0.4 is 0 Å². The highest BCUT2D eigenvalue weighted by atomic mass is 14.0. The first-order valence-corrected chi connectivity index (χ1v) is 12.5.